The number of carbonyl (C=O) groups is 1. The molecule has 1 amide bonds. The van der Waals surface area contributed by atoms with Crippen molar-refractivity contribution in [2.45, 2.75) is 12.5 Å². The van der Waals surface area contributed by atoms with Gasteiger partial charge >= 0.3 is 6.09 Å². The molecule has 1 unspecified atom stereocenters. The summed E-state index contributed by atoms with van der Waals surface area (Å²) in [5.41, 5.74) is 0. The van der Waals surface area contributed by atoms with Gasteiger partial charge in [-0.25, -0.2) is 4.79 Å². The molecule has 0 aliphatic carbocycles. The summed E-state index contributed by atoms with van der Waals surface area (Å²) in [6, 6.07) is 0. The van der Waals surface area contributed by atoms with Gasteiger partial charge in [-0.1, -0.05) is 0 Å². The van der Waals surface area contributed by atoms with Crippen molar-refractivity contribution in [1.29, 1.82) is 0 Å². The number of hydrogen-bond acceptors (Lipinski definition) is 3. The zero-order valence-electron chi connectivity index (χ0n) is 6.77. The second-order valence-electron chi connectivity index (χ2n) is 2.73. The molecule has 70 valence electrons. The van der Waals surface area contributed by atoms with Gasteiger partial charge in [-0.2, -0.15) is 0 Å². The van der Waals surface area contributed by atoms with E-state index in [-0.39, 0.29) is 19.3 Å². The lowest BCUT2D eigenvalue weighted by Gasteiger charge is -2.12. The average molecular weight is 175 g/mol. The largest absolute Gasteiger partial charge is 0.465 e. The van der Waals surface area contributed by atoms with Crippen molar-refractivity contribution in [2.24, 2.45) is 0 Å². The summed E-state index contributed by atoms with van der Waals surface area (Å²) in [6.45, 7) is 1.24. The zero-order valence-corrected chi connectivity index (χ0v) is 6.77. The van der Waals surface area contributed by atoms with Crippen molar-refractivity contribution >= 4 is 6.09 Å². The maximum Gasteiger partial charge on any atom is 0.407 e. The Morgan fingerprint density at radius 3 is 2.92 bits per heavy atom. The molecule has 1 fully saturated rings. The number of hydrogen-bond donors (Lipinski definition) is 2. The molecule has 1 aliphatic rings. The minimum Gasteiger partial charge on any atom is -0.465 e. The van der Waals surface area contributed by atoms with E-state index in [0.717, 1.165) is 6.42 Å². The third-order valence-electron chi connectivity index (χ3n) is 1.86. The van der Waals surface area contributed by atoms with Gasteiger partial charge in [0.05, 0.1) is 25.9 Å². The summed E-state index contributed by atoms with van der Waals surface area (Å²) in [4.78, 5) is 11.8. The van der Waals surface area contributed by atoms with Gasteiger partial charge in [-0.15, -0.1) is 0 Å². The summed E-state index contributed by atoms with van der Waals surface area (Å²) in [7, 11) is 0. The maximum atomic E-state index is 10.4. The molecule has 2 N–H and O–H groups in total. The zero-order chi connectivity index (χ0) is 8.97. The second kappa shape index (κ2) is 4.27. The molecular formula is C7H13NO4. The molecule has 5 heteroatoms. The van der Waals surface area contributed by atoms with E-state index in [9.17, 15) is 4.79 Å². The van der Waals surface area contributed by atoms with Crippen LogP contribution in [0.2, 0.25) is 0 Å². The Kier molecular flexibility index (Phi) is 3.31. The van der Waals surface area contributed by atoms with Crippen molar-refractivity contribution in [3.63, 3.8) is 0 Å². The first-order valence-corrected chi connectivity index (χ1v) is 3.94. The second-order valence-corrected chi connectivity index (χ2v) is 2.73. The van der Waals surface area contributed by atoms with Crippen molar-refractivity contribution in [3.8, 4) is 0 Å². The average Bonchev–Trinajstić information content (AvgIpc) is 2.48. The summed E-state index contributed by atoms with van der Waals surface area (Å²) in [5.74, 6) is 0. The van der Waals surface area contributed by atoms with Gasteiger partial charge < -0.3 is 19.8 Å². The highest BCUT2D eigenvalue weighted by atomic mass is 16.5. The predicted octanol–water partition coefficient (Wildman–Crippen LogP) is -0.252. The molecule has 0 aromatic heterocycles. The van der Waals surface area contributed by atoms with E-state index in [1.165, 1.54) is 4.90 Å². The minimum atomic E-state index is -0.898. The number of aliphatic hydroxyl groups is 1. The Morgan fingerprint density at radius 2 is 2.42 bits per heavy atom. The molecule has 1 heterocycles. The fourth-order valence-electron chi connectivity index (χ4n) is 1.26. The van der Waals surface area contributed by atoms with E-state index >= 15 is 0 Å². The van der Waals surface area contributed by atoms with Gasteiger partial charge in [0.25, 0.3) is 0 Å². The summed E-state index contributed by atoms with van der Waals surface area (Å²) in [6.07, 6.45) is -0.204. The van der Waals surface area contributed by atoms with Crippen LogP contribution in [0.25, 0.3) is 0 Å². The van der Waals surface area contributed by atoms with Crippen LogP contribution in [0, 0.1) is 0 Å². The quantitative estimate of drug-likeness (QED) is 0.620. The van der Waals surface area contributed by atoms with E-state index in [1.54, 1.807) is 0 Å². The SMILES string of the molecule is O=C(O)N1CCC(OCCO)C1. The lowest BCUT2D eigenvalue weighted by atomic mass is 10.3. The third kappa shape index (κ3) is 2.35. The van der Waals surface area contributed by atoms with Gasteiger partial charge in [0, 0.05) is 6.54 Å². The van der Waals surface area contributed by atoms with Gasteiger partial charge in [0.15, 0.2) is 0 Å². The van der Waals surface area contributed by atoms with Crippen LogP contribution >= 0.6 is 0 Å². The minimum absolute atomic E-state index is 0.0103. The number of rotatable bonds is 3. The highest BCUT2D eigenvalue weighted by molar-refractivity contribution is 5.65. The molecule has 5 nitrogen and oxygen atoms in total. The third-order valence-corrected chi connectivity index (χ3v) is 1.86. The highest BCUT2D eigenvalue weighted by Gasteiger charge is 2.25. The molecule has 12 heavy (non-hydrogen) atoms. The molecule has 0 aromatic carbocycles. The van der Waals surface area contributed by atoms with Crippen molar-refractivity contribution in [3.05, 3.63) is 0 Å². The van der Waals surface area contributed by atoms with Crippen LogP contribution in [0.1, 0.15) is 6.42 Å². The van der Waals surface area contributed by atoms with Crippen molar-refractivity contribution in [1.82, 2.24) is 4.90 Å². The van der Waals surface area contributed by atoms with E-state index in [0.29, 0.717) is 13.1 Å². The van der Waals surface area contributed by atoms with Gasteiger partial charge in [-0.3, -0.25) is 0 Å². The summed E-state index contributed by atoms with van der Waals surface area (Å²) in [5, 5.41) is 17.0. The molecular weight excluding hydrogens is 162 g/mol. The number of ether oxygens (including phenoxy) is 1. The first-order chi connectivity index (χ1) is 5.74. The molecule has 1 saturated heterocycles. The molecule has 0 aromatic rings. The highest BCUT2D eigenvalue weighted by Crippen LogP contribution is 2.11. The number of nitrogens with zero attached hydrogens (tertiary/aromatic N) is 1. The summed E-state index contributed by atoms with van der Waals surface area (Å²) < 4.78 is 5.18. The normalized spacial score (nSPS) is 23.1. The van der Waals surface area contributed by atoms with E-state index in [1.807, 2.05) is 0 Å². The van der Waals surface area contributed by atoms with Gasteiger partial charge in [-0.05, 0) is 6.42 Å². The van der Waals surface area contributed by atoms with Crippen LogP contribution < -0.4 is 0 Å². The van der Waals surface area contributed by atoms with Gasteiger partial charge in [0.2, 0.25) is 0 Å². The molecule has 0 saturated carbocycles. The van der Waals surface area contributed by atoms with E-state index in [2.05, 4.69) is 0 Å². The first-order valence-electron chi connectivity index (χ1n) is 3.94. The van der Waals surface area contributed by atoms with Crippen LogP contribution in [0.15, 0.2) is 0 Å². The molecule has 1 atom stereocenters. The number of likely N-dealkylation sites (tertiary alicyclic amines) is 1. The fraction of sp³-hybridized carbons (Fsp3) is 0.857. The molecule has 1 aliphatic heterocycles. The van der Waals surface area contributed by atoms with Crippen LogP contribution in [-0.4, -0.2) is 53.6 Å². The monoisotopic (exact) mass is 175 g/mol. The number of amides is 1. The first kappa shape index (κ1) is 9.28. The number of aliphatic hydroxyl groups excluding tert-OH is 1. The number of carboxylic acid groups (broad SMARTS) is 1. The molecule has 0 bridgehead atoms. The van der Waals surface area contributed by atoms with E-state index in [4.69, 9.17) is 14.9 Å². The smallest absolute Gasteiger partial charge is 0.407 e. The Balaban J connectivity index is 2.21. The molecule has 0 spiro atoms. The Labute approximate surface area is 70.5 Å². The standard InChI is InChI=1S/C7H13NO4/c9-3-4-12-6-1-2-8(5-6)7(10)11/h6,9H,1-5H2,(H,10,11). The van der Waals surface area contributed by atoms with E-state index < -0.39 is 6.09 Å². The Bertz CT molecular complexity index is 161. The van der Waals surface area contributed by atoms with Crippen molar-refractivity contribution in [2.75, 3.05) is 26.3 Å². The summed E-state index contributed by atoms with van der Waals surface area (Å²) >= 11 is 0. The Morgan fingerprint density at radius 1 is 1.67 bits per heavy atom. The Hall–Kier alpha value is -0.810. The predicted molar refractivity (Wildman–Crippen MR) is 41.0 cm³/mol. The fourth-order valence-corrected chi connectivity index (χ4v) is 1.26. The maximum absolute atomic E-state index is 10.4. The topological polar surface area (TPSA) is 70.0 Å². The van der Waals surface area contributed by atoms with Crippen molar-refractivity contribution < 1.29 is 19.7 Å². The van der Waals surface area contributed by atoms with Crippen LogP contribution in [0.4, 0.5) is 4.79 Å². The molecule has 1 rings (SSSR count). The lowest BCUT2D eigenvalue weighted by Crippen LogP contribution is -2.28. The van der Waals surface area contributed by atoms with Crippen LogP contribution in [0.5, 0.6) is 0 Å². The molecule has 0 radical (unpaired) electrons. The van der Waals surface area contributed by atoms with Crippen LogP contribution in [-0.2, 0) is 4.74 Å². The van der Waals surface area contributed by atoms with Crippen LogP contribution in [0.3, 0.4) is 0 Å². The lowest BCUT2D eigenvalue weighted by molar-refractivity contribution is 0.0344. The van der Waals surface area contributed by atoms with Gasteiger partial charge in [0.1, 0.15) is 0 Å².